The van der Waals surface area contributed by atoms with Gasteiger partial charge in [0.1, 0.15) is 5.75 Å². The quantitative estimate of drug-likeness (QED) is 0.708. The maximum absolute atomic E-state index is 12.6. The zero-order valence-electron chi connectivity index (χ0n) is 17.4. The number of likely N-dealkylation sites (tertiary alicyclic amines) is 1. The van der Waals surface area contributed by atoms with Gasteiger partial charge in [0.05, 0.1) is 6.54 Å². The number of aryl methyl sites for hydroxylation is 1. The number of rotatable bonds is 7. The minimum absolute atomic E-state index is 0.144. The summed E-state index contributed by atoms with van der Waals surface area (Å²) in [5, 5.41) is 9.28. The van der Waals surface area contributed by atoms with Crippen molar-refractivity contribution in [3.8, 4) is 5.75 Å². The van der Waals surface area contributed by atoms with Crippen LogP contribution in [0.5, 0.6) is 5.75 Å². The number of hydrogen-bond acceptors (Lipinski definition) is 4. The number of ketones is 1. The van der Waals surface area contributed by atoms with Gasteiger partial charge in [0.15, 0.2) is 11.4 Å². The zero-order chi connectivity index (χ0) is 21.0. The monoisotopic (exact) mass is 395 g/mol. The fraction of sp³-hybridized carbons (Fsp3) is 0.417. The topological polar surface area (TPSA) is 66.8 Å². The Labute approximate surface area is 172 Å². The fourth-order valence-corrected chi connectivity index (χ4v) is 3.68. The number of aliphatic carboxylic acids is 1. The van der Waals surface area contributed by atoms with Gasteiger partial charge in [-0.25, -0.2) is 4.79 Å². The van der Waals surface area contributed by atoms with Crippen molar-refractivity contribution in [1.29, 1.82) is 0 Å². The molecule has 0 saturated carbocycles. The highest BCUT2D eigenvalue weighted by Gasteiger charge is 2.30. The smallest absolute Gasteiger partial charge is 0.347 e. The van der Waals surface area contributed by atoms with Gasteiger partial charge in [-0.2, -0.15) is 0 Å². The molecule has 0 bridgehead atoms. The normalized spacial score (nSPS) is 17.7. The number of Topliss-reactive ketones (excluding diaryl/α,β-unsaturated/α-hetero) is 1. The molecule has 29 heavy (non-hydrogen) atoms. The van der Waals surface area contributed by atoms with Gasteiger partial charge < -0.3 is 9.84 Å². The summed E-state index contributed by atoms with van der Waals surface area (Å²) in [6.45, 7) is 7.24. The Kier molecular flexibility index (Phi) is 6.38. The van der Waals surface area contributed by atoms with Gasteiger partial charge in [-0.15, -0.1) is 0 Å². The molecule has 2 aromatic rings. The highest BCUT2D eigenvalue weighted by Crippen LogP contribution is 2.30. The highest BCUT2D eigenvalue weighted by molar-refractivity contribution is 5.97. The van der Waals surface area contributed by atoms with Gasteiger partial charge in [-0.05, 0) is 63.8 Å². The van der Waals surface area contributed by atoms with Crippen molar-refractivity contribution in [2.24, 2.45) is 0 Å². The third kappa shape index (κ3) is 5.45. The molecule has 1 aliphatic rings. The van der Waals surface area contributed by atoms with E-state index in [0.29, 0.717) is 18.2 Å². The van der Waals surface area contributed by atoms with Crippen molar-refractivity contribution in [1.82, 2.24) is 4.90 Å². The molecule has 1 saturated heterocycles. The highest BCUT2D eigenvalue weighted by atomic mass is 16.5. The zero-order valence-corrected chi connectivity index (χ0v) is 17.4. The lowest BCUT2D eigenvalue weighted by molar-refractivity contribution is -0.152. The van der Waals surface area contributed by atoms with Gasteiger partial charge in [0.2, 0.25) is 0 Å². The number of hydrogen-bond donors (Lipinski definition) is 1. The molecule has 1 atom stereocenters. The van der Waals surface area contributed by atoms with Crippen LogP contribution in [0.1, 0.15) is 54.1 Å². The number of carbonyl (C=O) groups excluding carboxylic acids is 1. The molecule has 1 unspecified atom stereocenters. The summed E-state index contributed by atoms with van der Waals surface area (Å²) in [6.07, 6.45) is 2.07. The molecule has 0 amide bonds. The summed E-state index contributed by atoms with van der Waals surface area (Å²) < 4.78 is 5.69. The summed E-state index contributed by atoms with van der Waals surface area (Å²) in [6, 6.07) is 15.4. The first-order valence-electron chi connectivity index (χ1n) is 10.1. The second-order valence-corrected chi connectivity index (χ2v) is 8.35. The van der Waals surface area contributed by atoms with Crippen LogP contribution in [-0.4, -0.2) is 47.0 Å². The fourth-order valence-electron chi connectivity index (χ4n) is 3.68. The van der Waals surface area contributed by atoms with E-state index in [0.717, 1.165) is 42.6 Å². The summed E-state index contributed by atoms with van der Waals surface area (Å²) in [7, 11) is 0. The van der Waals surface area contributed by atoms with Crippen LogP contribution in [0.2, 0.25) is 0 Å². The average Bonchev–Trinajstić information content (AvgIpc) is 2.68. The van der Waals surface area contributed by atoms with E-state index in [1.54, 1.807) is 19.9 Å². The molecule has 5 nitrogen and oxygen atoms in total. The van der Waals surface area contributed by atoms with E-state index in [4.69, 9.17) is 4.74 Å². The molecular formula is C24H29NO4. The Hall–Kier alpha value is -2.66. The third-order valence-corrected chi connectivity index (χ3v) is 5.46. The molecule has 5 heteroatoms. The standard InChI is InChI=1S/C24H29NO4/c1-17-9-11-18(12-10-17)22(26)16-25-13-5-7-20(15-25)19-6-4-8-21(14-19)29-24(2,3)23(27)28/h4,6,8-12,14,20H,5,7,13,15-16H2,1-3H3,(H,27,28). The van der Waals surface area contributed by atoms with Crippen molar-refractivity contribution >= 4 is 11.8 Å². The molecule has 2 aromatic carbocycles. The van der Waals surface area contributed by atoms with Gasteiger partial charge in [0.25, 0.3) is 0 Å². The molecule has 1 N–H and O–H groups in total. The van der Waals surface area contributed by atoms with Crippen LogP contribution in [-0.2, 0) is 4.79 Å². The Morgan fingerprint density at radius 3 is 2.59 bits per heavy atom. The molecule has 3 rings (SSSR count). The van der Waals surface area contributed by atoms with E-state index in [1.807, 2.05) is 43.3 Å². The summed E-state index contributed by atoms with van der Waals surface area (Å²) in [5.74, 6) is 0.00104. The van der Waals surface area contributed by atoms with Crippen LogP contribution in [0.15, 0.2) is 48.5 Å². The second kappa shape index (κ2) is 8.78. The maximum atomic E-state index is 12.6. The lowest BCUT2D eigenvalue weighted by atomic mass is 9.90. The molecule has 0 radical (unpaired) electrons. The molecule has 0 aliphatic carbocycles. The third-order valence-electron chi connectivity index (χ3n) is 5.46. The van der Waals surface area contributed by atoms with Crippen LogP contribution in [0.3, 0.4) is 0 Å². The predicted octanol–water partition coefficient (Wildman–Crippen LogP) is 4.30. The Morgan fingerprint density at radius 1 is 1.17 bits per heavy atom. The lowest BCUT2D eigenvalue weighted by Gasteiger charge is -2.33. The first kappa shape index (κ1) is 21.1. The Morgan fingerprint density at radius 2 is 1.90 bits per heavy atom. The predicted molar refractivity (Wildman–Crippen MR) is 113 cm³/mol. The van der Waals surface area contributed by atoms with Crippen LogP contribution < -0.4 is 4.74 Å². The first-order chi connectivity index (χ1) is 13.7. The number of carboxylic acid groups (broad SMARTS) is 1. The second-order valence-electron chi connectivity index (χ2n) is 8.35. The van der Waals surface area contributed by atoms with Crippen molar-refractivity contribution < 1.29 is 19.4 Å². The van der Waals surface area contributed by atoms with E-state index in [2.05, 4.69) is 11.0 Å². The SMILES string of the molecule is Cc1ccc(C(=O)CN2CCCC(c3cccc(OC(C)(C)C(=O)O)c3)C2)cc1. The summed E-state index contributed by atoms with van der Waals surface area (Å²) in [4.78, 5) is 26.2. The number of benzene rings is 2. The van der Waals surface area contributed by atoms with Crippen LogP contribution in [0, 0.1) is 6.92 Å². The van der Waals surface area contributed by atoms with Crippen molar-refractivity contribution in [3.05, 3.63) is 65.2 Å². The van der Waals surface area contributed by atoms with Crippen LogP contribution in [0.25, 0.3) is 0 Å². The minimum atomic E-state index is -1.28. The lowest BCUT2D eigenvalue weighted by Crippen LogP contribution is -2.38. The van der Waals surface area contributed by atoms with Gasteiger partial charge in [0, 0.05) is 12.1 Å². The average molecular weight is 395 g/mol. The Bertz CT molecular complexity index is 873. The summed E-state index contributed by atoms with van der Waals surface area (Å²) >= 11 is 0. The number of carboxylic acids is 1. The minimum Gasteiger partial charge on any atom is -0.478 e. The van der Waals surface area contributed by atoms with Gasteiger partial charge >= 0.3 is 5.97 Å². The molecule has 154 valence electrons. The van der Waals surface area contributed by atoms with E-state index < -0.39 is 11.6 Å². The molecule has 1 heterocycles. The number of nitrogens with zero attached hydrogens (tertiary/aromatic N) is 1. The van der Waals surface area contributed by atoms with Gasteiger partial charge in [-0.1, -0.05) is 42.0 Å². The van der Waals surface area contributed by atoms with Crippen LogP contribution in [0.4, 0.5) is 0 Å². The Balaban J connectivity index is 1.66. The van der Waals surface area contributed by atoms with E-state index in [1.165, 1.54) is 0 Å². The summed E-state index contributed by atoms with van der Waals surface area (Å²) in [5.41, 5.74) is 1.74. The van der Waals surface area contributed by atoms with E-state index >= 15 is 0 Å². The maximum Gasteiger partial charge on any atom is 0.347 e. The van der Waals surface area contributed by atoms with Crippen molar-refractivity contribution in [2.75, 3.05) is 19.6 Å². The molecule has 0 spiro atoms. The van der Waals surface area contributed by atoms with Crippen molar-refractivity contribution in [2.45, 2.75) is 45.1 Å². The largest absolute Gasteiger partial charge is 0.478 e. The molecule has 1 fully saturated rings. The number of ether oxygens (including phenoxy) is 1. The number of piperidine rings is 1. The van der Waals surface area contributed by atoms with E-state index in [9.17, 15) is 14.7 Å². The van der Waals surface area contributed by atoms with Crippen molar-refractivity contribution in [3.63, 3.8) is 0 Å². The van der Waals surface area contributed by atoms with E-state index in [-0.39, 0.29) is 5.78 Å². The molecule has 1 aliphatic heterocycles. The van der Waals surface area contributed by atoms with Gasteiger partial charge in [-0.3, -0.25) is 9.69 Å². The van der Waals surface area contributed by atoms with Crippen LogP contribution >= 0.6 is 0 Å². The molecular weight excluding hydrogens is 366 g/mol. The number of carbonyl (C=O) groups is 2. The first-order valence-corrected chi connectivity index (χ1v) is 10.1. The molecule has 0 aromatic heterocycles.